The molecule has 10 heavy (non-hydrogen) atoms. The van der Waals surface area contributed by atoms with E-state index in [2.05, 4.69) is 12.2 Å². The molecule has 54 valence electrons. The SMILES string of the molecule is O=[PH]=CC12C=CC(CC1)C2. The number of fused-ring (bicyclic) bond motifs is 2. The molecule has 1 fully saturated rings. The fourth-order valence-corrected chi connectivity index (χ4v) is 2.68. The number of allylic oxidation sites excluding steroid dienone is 2. The minimum Gasteiger partial charge on any atom is -0.286 e. The third-order valence-electron chi connectivity index (χ3n) is 2.67. The average Bonchev–Trinajstić information content (AvgIpc) is 2.46. The lowest BCUT2D eigenvalue weighted by molar-refractivity contribution is 0.581. The molecule has 0 spiro atoms. The Morgan fingerprint density at radius 3 is 3.00 bits per heavy atom. The van der Waals surface area contributed by atoms with Gasteiger partial charge in [-0.2, -0.15) is 0 Å². The van der Waals surface area contributed by atoms with Crippen LogP contribution in [0.25, 0.3) is 0 Å². The summed E-state index contributed by atoms with van der Waals surface area (Å²) in [5.74, 6) is 2.77. The Hall–Kier alpha value is -0.290. The predicted octanol–water partition coefficient (Wildman–Crippen LogP) is 2.17. The van der Waals surface area contributed by atoms with Crippen LogP contribution in [-0.2, 0) is 4.57 Å². The van der Waals surface area contributed by atoms with Crippen molar-refractivity contribution in [3.8, 4) is 0 Å². The molecule has 3 unspecified atom stereocenters. The molecule has 2 heteroatoms. The van der Waals surface area contributed by atoms with Gasteiger partial charge in [-0.1, -0.05) is 12.2 Å². The van der Waals surface area contributed by atoms with Gasteiger partial charge in [-0.15, -0.1) is 0 Å². The first kappa shape index (κ1) is 6.42. The molecule has 2 aliphatic carbocycles. The van der Waals surface area contributed by atoms with Crippen LogP contribution in [0.3, 0.4) is 0 Å². The molecule has 0 aromatic heterocycles. The van der Waals surface area contributed by atoms with E-state index in [9.17, 15) is 4.57 Å². The van der Waals surface area contributed by atoms with E-state index in [1.807, 2.05) is 5.80 Å². The lowest BCUT2D eigenvalue weighted by Gasteiger charge is -2.15. The van der Waals surface area contributed by atoms with Crippen LogP contribution in [0.4, 0.5) is 0 Å². The van der Waals surface area contributed by atoms with Crippen molar-refractivity contribution in [1.29, 1.82) is 0 Å². The molecule has 0 amide bonds. The third-order valence-corrected chi connectivity index (χ3v) is 3.36. The third kappa shape index (κ3) is 0.809. The van der Waals surface area contributed by atoms with Gasteiger partial charge < -0.3 is 0 Å². The Kier molecular flexibility index (Phi) is 1.35. The second-order valence-corrected chi connectivity index (χ2v) is 3.88. The van der Waals surface area contributed by atoms with E-state index in [0.717, 1.165) is 5.92 Å². The maximum atomic E-state index is 10.4. The molecule has 3 atom stereocenters. The van der Waals surface area contributed by atoms with E-state index in [4.69, 9.17) is 0 Å². The average molecular weight is 154 g/mol. The van der Waals surface area contributed by atoms with E-state index in [-0.39, 0.29) is 13.5 Å². The largest absolute Gasteiger partial charge is 0.286 e. The second kappa shape index (κ2) is 2.10. The fraction of sp³-hybridized carbons (Fsp3) is 0.625. The van der Waals surface area contributed by atoms with Crippen LogP contribution in [0, 0.1) is 11.3 Å². The van der Waals surface area contributed by atoms with Gasteiger partial charge in [0, 0.05) is 5.41 Å². The summed E-state index contributed by atoms with van der Waals surface area (Å²) in [5.41, 5.74) is 0.255. The highest BCUT2D eigenvalue weighted by Crippen LogP contribution is 2.48. The molecule has 0 heterocycles. The number of hydrogen-bond acceptors (Lipinski definition) is 1. The Bertz CT molecular complexity index is 227. The molecule has 0 aliphatic heterocycles. The molecule has 2 rings (SSSR count). The summed E-state index contributed by atoms with van der Waals surface area (Å²) >= 11 is 0. The van der Waals surface area contributed by atoms with Crippen LogP contribution in [0.15, 0.2) is 12.2 Å². The molecule has 0 saturated heterocycles. The van der Waals surface area contributed by atoms with E-state index in [1.165, 1.54) is 19.3 Å². The molecule has 0 aromatic carbocycles. The summed E-state index contributed by atoms with van der Waals surface area (Å²) in [7, 11) is -0.230. The summed E-state index contributed by atoms with van der Waals surface area (Å²) in [6, 6.07) is 0. The topological polar surface area (TPSA) is 17.1 Å². The second-order valence-electron chi connectivity index (χ2n) is 3.36. The highest BCUT2D eigenvalue weighted by molar-refractivity contribution is 7.25. The Balaban J connectivity index is 2.32. The first-order valence-corrected chi connectivity index (χ1v) is 4.75. The van der Waals surface area contributed by atoms with Crippen LogP contribution in [0.1, 0.15) is 19.3 Å². The smallest absolute Gasteiger partial charge is 0.0796 e. The van der Waals surface area contributed by atoms with E-state index >= 15 is 0 Å². The highest BCUT2D eigenvalue weighted by Gasteiger charge is 2.38. The van der Waals surface area contributed by atoms with Gasteiger partial charge in [0.05, 0.1) is 8.08 Å². The van der Waals surface area contributed by atoms with Crippen LogP contribution in [0.5, 0.6) is 0 Å². The lowest BCUT2D eigenvalue weighted by Crippen LogP contribution is -2.10. The van der Waals surface area contributed by atoms with Crippen LogP contribution < -0.4 is 0 Å². The van der Waals surface area contributed by atoms with Gasteiger partial charge in [-0.3, -0.25) is 4.57 Å². The molecule has 0 aromatic rings. The van der Waals surface area contributed by atoms with Gasteiger partial charge >= 0.3 is 0 Å². The van der Waals surface area contributed by atoms with Crippen molar-refractivity contribution >= 4 is 13.9 Å². The minimum absolute atomic E-state index is 0.230. The van der Waals surface area contributed by atoms with E-state index in [1.54, 1.807) is 0 Å². The molecule has 0 radical (unpaired) electrons. The Morgan fingerprint density at radius 1 is 1.70 bits per heavy atom. The van der Waals surface area contributed by atoms with Crippen LogP contribution in [-0.4, -0.2) is 5.80 Å². The fourth-order valence-electron chi connectivity index (χ4n) is 2.09. The summed E-state index contributed by atoms with van der Waals surface area (Å²) in [6.07, 6.45) is 8.27. The Labute approximate surface area is 62.0 Å². The summed E-state index contributed by atoms with van der Waals surface area (Å²) in [4.78, 5) is 0. The van der Waals surface area contributed by atoms with Gasteiger partial charge in [-0.25, -0.2) is 0 Å². The van der Waals surface area contributed by atoms with Crippen molar-refractivity contribution in [3.05, 3.63) is 12.2 Å². The Morgan fingerprint density at radius 2 is 2.60 bits per heavy atom. The highest BCUT2D eigenvalue weighted by atomic mass is 31.0. The monoisotopic (exact) mass is 154 g/mol. The van der Waals surface area contributed by atoms with Crippen LogP contribution >= 0.6 is 8.08 Å². The molecule has 1 nitrogen and oxygen atoms in total. The maximum Gasteiger partial charge on any atom is 0.0796 e. The number of rotatable bonds is 1. The first-order chi connectivity index (χ1) is 4.85. The van der Waals surface area contributed by atoms with Crippen molar-refractivity contribution in [2.45, 2.75) is 19.3 Å². The maximum absolute atomic E-state index is 10.4. The zero-order valence-electron chi connectivity index (χ0n) is 5.84. The minimum atomic E-state index is -0.230. The van der Waals surface area contributed by atoms with Crippen molar-refractivity contribution in [2.75, 3.05) is 0 Å². The van der Waals surface area contributed by atoms with Gasteiger partial charge in [0.1, 0.15) is 0 Å². The van der Waals surface area contributed by atoms with E-state index < -0.39 is 0 Å². The molecular formula is C8H11OP. The molecular weight excluding hydrogens is 143 g/mol. The molecule has 1 saturated carbocycles. The van der Waals surface area contributed by atoms with E-state index in [0.29, 0.717) is 0 Å². The first-order valence-electron chi connectivity index (χ1n) is 3.76. The summed E-state index contributed by atoms with van der Waals surface area (Å²) in [6.45, 7) is 0. The summed E-state index contributed by atoms with van der Waals surface area (Å²) in [5, 5.41) is 0. The predicted molar refractivity (Wildman–Crippen MR) is 44.0 cm³/mol. The quantitative estimate of drug-likeness (QED) is 0.418. The standard InChI is InChI=1S/C8H11OP/c9-10-6-8-3-1-7(5-8)2-4-8/h1,3,6-7,10H,2,4-5H2. The summed E-state index contributed by atoms with van der Waals surface area (Å²) < 4.78 is 10.4. The van der Waals surface area contributed by atoms with Gasteiger partial charge in [0.2, 0.25) is 0 Å². The van der Waals surface area contributed by atoms with Crippen molar-refractivity contribution < 1.29 is 4.57 Å². The van der Waals surface area contributed by atoms with Crippen molar-refractivity contribution in [3.63, 3.8) is 0 Å². The molecule has 0 N–H and O–H groups in total. The molecule has 2 bridgehead atoms. The van der Waals surface area contributed by atoms with Gasteiger partial charge in [0.25, 0.3) is 0 Å². The molecule has 2 aliphatic rings. The lowest BCUT2D eigenvalue weighted by atomic mass is 9.91. The van der Waals surface area contributed by atoms with Crippen molar-refractivity contribution in [2.24, 2.45) is 11.3 Å². The zero-order chi connectivity index (χ0) is 7.03. The zero-order valence-corrected chi connectivity index (χ0v) is 6.84. The van der Waals surface area contributed by atoms with Crippen LogP contribution in [0.2, 0.25) is 0 Å². The van der Waals surface area contributed by atoms with Gasteiger partial charge in [-0.05, 0) is 31.0 Å². The normalized spacial score (nSPS) is 43.0. The number of hydrogen-bond donors (Lipinski definition) is 0. The van der Waals surface area contributed by atoms with Gasteiger partial charge in [0.15, 0.2) is 0 Å². The van der Waals surface area contributed by atoms with Crippen molar-refractivity contribution in [1.82, 2.24) is 0 Å².